The number of nitrogens with zero attached hydrogens (tertiary/aromatic N) is 1. The topological polar surface area (TPSA) is 123 Å². The molecule has 9 heteroatoms. The Labute approximate surface area is 172 Å². The summed E-state index contributed by atoms with van der Waals surface area (Å²) in [5, 5.41) is 16.0. The van der Waals surface area contributed by atoms with Crippen LogP contribution in [-0.2, 0) is 24.7 Å². The maximum atomic E-state index is 13.5. The number of nitrogens with two attached hydrogens (primary N) is 1. The molecule has 3 heterocycles. The SMILES string of the molecule is CC(C)(C)N1C(=O)[C@H]2[C@@H](C1=O)[C@@]1([NH2+][C@@H]2CCC(=O)[O-])C(=O)Nc2ccc(Cl)cc21. The number of aliphatic carboxylic acids is 1. The fourth-order valence-electron chi connectivity index (χ4n) is 5.14. The second kappa shape index (κ2) is 6.27. The minimum Gasteiger partial charge on any atom is -0.550 e. The quantitative estimate of drug-likeness (QED) is 0.631. The number of carboxylic acids is 1. The lowest BCUT2D eigenvalue weighted by atomic mass is 9.76. The van der Waals surface area contributed by atoms with Gasteiger partial charge in [0, 0.05) is 28.5 Å². The van der Waals surface area contributed by atoms with E-state index in [2.05, 4.69) is 5.32 Å². The van der Waals surface area contributed by atoms with E-state index >= 15 is 0 Å². The smallest absolute Gasteiger partial charge is 0.291 e. The maximum absolute atomic E-state index is 13.5. The van der Waals surface area contributed by atoms with Crippen LogP contribution in [0.2, 0.25) is 5.02 Å². The summed E-state index contributed by atoms with van der Waals surface area (Å²) in [5.41, 5.74) is -1.01. The minimum atomic E-state index is -1.35. The van der Waals surface area contributed by atoms with Gasteiger partial charge in [0.2, 0.25) is 17.4 Å². The van der Waals surface area contributed by atoms with Crippen molar-refractivity contribution >= 4 is 41.0 Å². The summed E-state index contributed by atoms with van der Waals surface area (Å²) in [6.07, 6.45) is -0.146. The second-order valence-electron chi connectivity index (χ2n) is 8.94. The van der Waals surface area contributed by atoms with E-state index in [9.17, 15) is 24.3 Å². The monoisotopic (exact) mass is 419 g/mol. The standard InChI is InChI=1S/C20H22ClN3O5/c1-19(2,3)24-16(27)14-12(6-7-13(25)26)23-20(15(14)17(24)28)10-8-9(21)4-5-11(10)22-18(20)29/h4-5,8,12,14-15,23H,6-7H2,1-3H3,(H,22,29)(H,25,26)/t12-,14-,15+,20-/m1/s1. The average Bonchev–Trinajstić information content (AvgIpc) is 3.18. The molecule has 2 saturated heterocycles. The van der Waals surface area contributed by atoms with Crippen molar-refractivity contribution in [3.05, 3.63) is 28.8 Å². The number of halogens is 1. The van der Waals surface area contributed by atoms with Gasteiger partial charge in [-0.05, 0) is 45.4 Å². The number of anilines is 1. The number of rotatable bonds is 3. The molecular weight excluding hydrogens is 398 g/mol. The number of amides is 3. The highest BCUT2D eigenvalue weighted by molar-refractivity contribution is 6.31. The van der Waals surface area contributed by atoms with E-state index in [1.165, 1.54) is 4.90 Å². The van der Waals surface area contributed by atoms with Crippen molar-refractivity contribution in [1.29, 1.82) is 0 Å². The number of quaternary nitrogens is 1. The molecule has 29 heavy (non-hydrogen) atoms. The average molecular weight is 420 g/mol. The van der Waals surface area contributed by atoms with Gasteiger partial charge in [0.1, 0.15) is 17.9 Å². The second-order valence-corrected chi connectivity index (χ2v) is 9.38. The summed E-state index contributed by atoms with van der Waals surface area (Å²) in [7, 11) is 0. The largest absolute Gasteiger partial charge is 0.550 e. The fraction of sp³-hybridized carbons (Fsp3) is 0.500. The number of likely N-dealkylation sites (tertiary alicyclic amines) is 1. The van der Waals surface area contributed by atoms with E-state index in [1.54, 1.807) is 44.3 Å². The number of hydrogen-bond donors (Lipinski definition) is 2. The highest BCUT2D eigenvalue weighted by atomic mass is 35.5. The number of fused-ring (bicyclic) bond motifs is 4. The third-order valence-electron chi connectivity index (χ3n) is 6.18. The van der Waals surface area contributed by atoms with E-state index < -0.39 is 46.7 Å². The Morgan fingerprint density at radius 2 is 1.97 bits per heavy atom. The summed E-state index contributed by atoms with van der Waals surface area (Å²) < 4.78 is 0. The van der Waals surface area contributed by atoms with Gasteiger partial charge in [-0.25, -0.2) is 0 Å². The van der Waals surface area contributed by atoms with Crippen LogP contribution >= 0.6 is 11.6 Å². The highest BCUT2D eigenvalue weighted by Crippen LogP contribution is 2.51. The number of carbonyl (C=O) groups excluding carboxylic acids is 4. The summed E-state index contributed by atoms with van der Waals surface area (Å²) in [5.74, 6) is -4.13. The molecule has 0 unspecified atom stereocenters. The number of hydrogen-bond acceptors (Lipinski definition) is 5. The minimum absolute atomic E-state index is 0.116. The number of benzene rings is 1. The molecular formula is C20H22ClN3O5. The Kier molecular flexibility index (Phi) is 4.29. The lowest BCUT2D eigenvalue weighted by molar-refractivity contribution is -0.734. The van der Waals surface area contributed by atoms with Gasteiger partial charge in [-0.1, -0.05) is 11.6 Å². The first kappa shape index (κ1) is 19.8. The predicted octanol–water partition coefficient (Wildman–Crippen LogP) is -0.637. The Hall–Kier alpha value is -2.45. The summed E-state index contributed by atoms with van der Waals surface area (Å²) in [6, 6.07) is 4.41. The van der Waals surface area contributed by atoms with Crippen LogP contribution in [-0.4, -0.2) is 40.2 Å². The van der Waals surface area contributed by atoms with Crippen LogP contribution < -0.4 is 15.7 Å². The van der Waals surface area contributed by atoms with Crippen molar-refractivity contribution in [2.45, 2.75) is 50.7 Å². The molecule has 3 aliphatic heterocycles. The summed E-state index contributed by atoms with van der Waals surface area (Å²) >= 11 is 6.18. The molecule has 3 amide bonds. The van der Waals surface area contributed by atoms with Gasteiger partial charge in [0.25, 0.3) is 5.91 Å². The van der Waals surface area contributed by atoms with E-state index in [-0.39, 0.29) is 18.7 Å². The predicted molar refractivity (Wildman–Crippen MR) is 100 cm³/mol. The van der Waals surface area contributed by atoms with Crippen molar-refractivity contribution < 1.29 is 29.6 Å². The molecule has 0 bridgehead atoms. The van der Waals surface area contributed by atoms with Gasteiger partial charge in [-0.2, -0.15) is 0 Å². The maximum Gasteiger partial charge on any atom is 0.291 e. The van der Waals surface area contributed by atoms with Crippen LogP contribution in [0.1, 0.15) is 39.2 Å². The Balaban J connectivity index is 1.88. The van der Waals surface area contributed by atoms with E-state index in [4.69, 9.17) is 11.6 Å². The van der Waals surface area contributed by atoms with Crippen molar-refractivity contribution in [3.63, 3.8) is 0 Å². The molecule has 2 fully saturated rings. The molecule has 3 N–H and O–H groups in total. The zero-order valence-corrected chi connectivity index (χ0v) is 17.1. The molecule has 0 saturated carbocycles. The molecule has 1 aromatic rings. The Morgan fingerprint density at radius 3 is 2.59 bits per heavy atom. The first-order chi connectivity index (χ1) is 13.5. The zero-order chi connectivity index (χ0) is 21.3. The van der Waals surface area contributed by atoms with Crippen LogP contribution in [0.3, 0.4) is 0 Å². The van der Waals surface area contributed by atoms with Crippen LogP contribution in [0, 0.1) is 11.8 Å². The number of carbonyl (C=O) groups is 4. The molecule has 0 aromatic heterocycles. The first-order valence-electron chi connectivity index (χ1n) is 9.53. The van der Waals surface area contributed by atoms with E-state index in [0.717, 1.165) is 0 Å². The molecule has 3 aliphatic rings. The van der Waals surface area contributed by atoms with Gasteiger partial charge in [0.15, 0.2) is 0 Å². The molecule has 1 spiro atoms. The van der Waals surface area contributed by atoms with Crippen molar-refractivity contribution in [2.24, 2.45) is 11.8 Å². The molecule has 0 radical (unpaired) electrons. The number of nitrogens with one attached hydrogen (secondary N) is 1. The van der Waals surface area contributed by atoms with Crippen LogP contribution in [0.4, 0.5) is 5.69 Å². The molecule has 154 valence electrons. The molecule has 4 atom stereocenters. The molecule has 4 rings (SSSR count). The number of carboxylic acid groups (broad SMARTS) is 1. The Morgan fingerprint density at radius 1 is 1.28 bits per heavy atom. The van der Waals surface area contributed by atoms with E-state index in [0.29, 0.717) is 16.3 Å². The van der Waals surface area contributed by atoms with E-state index in [1.807, 2.05) is 0 Å². The molecule has 1 aromatic carbocycles. The third kappa shape index (κ3) is 2.69. The van der Waals surface area contributed by atoms with Crippen LogP contribution in [0.15, 0.2) is 18.2 Å². The van der Waals surface area contributed by atoms with Gasteiger partial charge in [-0.3, -0.25) is 19.3 Å². The zero-order valence-electron chi connectivity index (χ0n) is 16.3. The van der Waals surface area contributed by atoms with Crippen molar-refractivity contribution in [2.75, 3.05) is 5.32 Å². The Bertz CT molecular complexity index is 956. The van der Waals surface area contributed by atoms with Gasteiger partial charge in [-0.15, -0.1) is 0 Å². The summed E-state index contributed by atoms with van der Waals surface area (Å²) in [6.45, 7) is 5.28. The van der Waals surface area contributed by atoms with Gasteiger partial charge >= 0.3 is 0 Å². The van der Waals surface area contributed by atoms with Gasteiger partial charge in [0.05, 0.1) is 5.69 Å². The van der Waals surface area contributed by atoms with Crippen LogP contribution in [0.5, 0.6) is 0 Å². The highest BCUT2D eigenvalue weighted by Gasteiger charge is 2.74. The summed E-state index contributed by atoms with van der Waals surface area (Å²) in [4.78, 5) is 52.2. The third-order valence-corrected chi connectivity index (χ3v) is 6.42. The van der Waals surface area contributed by atoms with Crippen LogP contribution in [0.25, 0.3) is 0 Å². The first-order valence-corrected chi connectivity index (χ1v) is 9.91. The number of imide groups is 1. The lowest BCUT2D eigenvalue weighted by Gasteiger charge is -2.33. The molecule has 0 aliphatic carbocycles. The van der Waals surface area contributed by atoms with Gasteiger partial charge < -0.3 is 20.5 Å². The normalized spacial score (nSPS) is 30.7. The van der Waals surface area contributed by atoms with Crippen molar-refractivity contribution in [1.82, 2.24) is 4.90 Å². The lowest BCUT2D eigenvalue weighted by Crippen LogP contribution is -2.99. The molecule has 8 nitrogen and oxygen atoms in total. The fourth-order valence-corrected chi connectivity index (χ4v) is 5.32. The van der Waals surface area contributed by atoms with Crippen molar-refractivity contribution in [3.8, 4) is 0 Å².